The second-order valence-electron chi connectivity index (χ2n) is 4.62. The number of halogens is 2. The average Bonchev–Trinajstić information content (AvgIpc) is 2.90. The summed E-state index contributed by atoms with van der Waals surface area (Å²) in [4.78, 5) is 11.0. The summed E-state index contributed by atoms with van der Waals surface area (Å²) in [6.07, 6.45) is 1.39. The van der Waals surface area contributed by atoms with Crippen molar-refractivity contribution in [2.75, 3.05) is 0 Å². The molecule has 8 heteroatoms. The highest BCUT2D eigenvalue weighted by Gasteiger charge is 2.21. The molecule has 0 spiro atoms. The molecule has 1 atom stereocenters. The third kappa shape index (κ3) is 3.63. The number of carboxylic acids is 1. The molecule has 0 aliphatic heterocycles. The first-order chi connectivity index (χ1) is 10.0. The number of rotatable bonds is 6. The van der Waals surface area contributed by atoms with Crippen LogP contribution in [0.4, 0.5) is 4.39 Å². The van der Waals surface area contributed by atoms with Gasteiger partial charge in [-0.1, -0.05) is 13.3 Å². The predicted molar refractivity (Wildman–Crippen MR) is 77.1 cm³/mol. The highest BCUT2D eigenvalue weighted by molar-refractivity contribution is 9.10. The Morgan fingerprint density at radius 2 is 2.29 bits per heavy atom. The van der Waals surface area contributed by atoms with Crippen molar-refractivity contribution in [3.8, 4) is 11.4 Å². The highest BCUT2D eigenvalue weighted by atomic mass is 79.9. The largest absolute Gasteiger partial charge is 0.481 e. The van der Waals surface area contributed by atoms with Crippen LogP contribution in [0.3, 0.4) is 0 Å². The molecule has 1 aromatic heterocycles. The van der Waals surface area contributed by atoms with Crippen LogP contribution in [0.1, 0.15) is 32.2 Å². The van der Waals surface area contributed by atoms with Gasteiger partial charge >= 0.3 is 5.97 Å². The summed E-state index contributed by atoms with van der Waals surface area (Å²) in [5.41, 5.74) is 0.625. The lowest BCUT2D eigenvalue weighted by atomic mass is 10.1. The molecule has 0 aliphatic carbocycles. The summed E-state index contributed by atoms with van der Waals surface area (Å²) in [6.45, 7) is 1.97. The molecule has 1 unspecified atom stereocenters. The lowest BCUT2D eigenvalue weighted by Crippen LogP contribution is -2.16. The average molecular weight is 357 g/mol. The predicted octanol–water partition coefficient (Wildman–Crippen LogP) is 3.06. The van der Waals surface area contributed by atoms with Gasteiger partial charge in [-0.3, -0.25) is 4.79 Å². The van der Waals surface area contributed by atoms with Crippen molar-refractivity contribution < 1.29 is 14.3 Å². The van der Waals surface area contributed by atoms with Gasteiger partial charge in [0.2, 0.25) is 0 Å². The first-order valence-corrected chi connectivity index (χ1v) is 7.27. The van der Waals surface area contributed by atoms with Gasteiger partial charge in [0.25, 0.3) is 0 Å². The third-order valence-corrected chi connectivity index (χ3v) is 3.66. The van der Waals surface area contributed by atoms with Gasteiger partial charge in [0.15, 0.2) is 5.82 Å². The summed E-state index contributed by atoms with van der Waals surface area (Å²) in [5.74, 6) is -0.862. The quantitative estimate of drug-likeness (QED) is 0.859. The topological polar surface area (TPSA) is 80.9 Å². The fourth-order valence-electron chi connectivity index (χ4n) is 2.11. The molecule has 112 valence electrons. The van der Waals surface area contributed by atoms with E-state index in [4.69, 9.17) is 5.11 Å². The smallest absolute Gasteiger partial charge is 0.305 e. The molecule has 1 aromatic carbocycles. The van der Waals surface area contributed by atoms with Crippen LogP contribution in [-0.2, 0) is 4.79 Å². The van der Waals surface area contributed by atoms with E-state index in [0.717, 1.165) is 6.42 Å². The molecule has 0 saturated heterocycles. The van der Waals surface area contributed by atoms with Gasteiger partial charge in [0, 0.05) is 5.56 Å². The maximum Gasteiger partial charge on any atom is 0.305 e. The fourth-order valence-corrected chi connectivity index (χ4v) is 2.49. The van der Waals surface area contributed by atoms with Crippen molar-refractivity contribution in [1.29, 1.82) is 0 Å². The zero-order chi connectivity index (χ0) is 15.4. The SMILES string of the molecule is CCCC(CC(=O)O)n1nnnc1-c1ccc(F)c(Br)c1. The number of aliphatic carboxylic acids is 1. The Hall–Kier alpha value is -1.83. The van der Waals surface area contributed by atoms with Crippen LogP contribution in [0.5, 0.6) is 0 Å². The third-order valence-electron chi connectivity index (χ3n) is 3.05. The number of hydrogen-bond donors (Lipinski definition) is 1. The lowest BCUT2D eigenvalue weighted by molar-refractivity contribution is -0.138. The number of tetrazole rings is 1. The summed E-state index contributed by atoms with van der Waals surface area (Å²) >= 11 is 3.12. The minimum atomic E-state index is -0.907. The van der Waals surface area contributed by atoms with Gasteiger partial charge in [-0.25, -0.2) is 9.07 Å². The van der Waals surface area contributed by atoms with Crippen LogP contribution in [0.2, 0.25) is 0 Å². The highest BCUT2D eigenvalue weighted by Crippen LogP contribution is 2.27. The molecule has 21 heavy (non-hydrogen) atoms. The van der Waals surface area contributed by atoms with Crippen molar-refractivity contribution in [3.63, 3.8) is 0 Å². The summed E-state index contributed by atoms with van der Waals surface area (Å²) in [6, 6.07) is 4.11. The molecular weight excluding hydrogens is 343 g/mol. The molecule has 0 fully saturated rings. The second kappa shape index (κ2) is 6.75. The van der Waals surface area contributed by atoms with Crippen molar-refractivity contribution in [2.24, 2.45) is 0 Å². The molecule has 2 aromatic rings. The molecular formula is C13H14BrFN4O2. The zero-order valence-corrected chi connectivity index (χ0v) is 12.9. The van der Waals surface area contributed by atoms with Gasteiger partial charge in [0.1, 0.15) is 5.82 Å². The van der Waals surface area contributed by atoms with Crippen molar-refractivity contribution in [1.82, 2.24) is 20.2 Å². The Kier molecular flexibility index (Phi) is 5.00. The van der Waals surface area contributed by atoms with Gasteiger partial charge in [-0.05, 0) is 51.0 Å². The molecule has 0 aliphatic rings. The summed E-state index contributed by atoms with van der Waals surface area (Å²) < 4.78 is 15.1. The molecule has 0 bridgehead atoms. The van der Waals surface area contributed by atoms with Crippen molar-refractivity contribution in [3.05, 3.63) is 28.5 Å². The summed E-state index contributed by atoms with van der Waals surface area (Å²) in [7, 11) is 0. The van der Waals surface area contributed by atoms with Gasteiger partial charge < -0.3 is 5.11 Å². The van der Waals surface area contributed by atoms with E-state index in [1.165, 1.54) is 10.7 Å². The molecule has 1 N–H and O–H groups in total. The van der Waals surface area contributed by atoms with Crippen LogP contribution in [0.15, 0.2) is 22.7 Å². The van der Waals surface area contributed by atoms with Gasteiger partial charge in [-0.15, -0.1) is 5.10 Å². The van der Waals surface area contributed by atoms with E-state index >= 15 is 0 Å². The second-order valence-corrected chi connectivity index (χ2v) is 5.47. The monoisotopic (exact) mass is 356 g/mol. The Labute approximate surface area is 129 Å². The molecule has 0 amide bonds. The Balaban J connectivity index is 2.39. The van der Waals surface area contributed by atoms with Crippen molar-refractivity contribution in [2.45, 2.75) is 32.2 Å². The number of benzene rings is 1. The molecule has 6 nitrogen and oxygen atoms in total. The van der Waals surface area contributed by atoms with Crippen LogP contribution in [0, 0.1) is 5.82 Å². The molecule has 2 rings (SSSR count). The molecule has 1 heterocycles. The molecule has 0 radical (unpaired) electrons. The van der Waals surface area contributed by atoms with Gasteiger partial charge in [-0.2, -0.15) is 0 Å². The first kappa shape index (κ1) is 15.6. The van der Waals surface area contributed by atoms with E-state index in [0.29, 0.717) is 22.3 Å². The number of aromatic nitrogens is 4. The van der Waals surface area contributed by atoms with E-state index < -0.39 is 5.97 Å². The van der Waals surface area contributed by atoms with E-state index in [2.05, 4.69) is 31.5 Å². The maximum atomic E-state index is 13.3. The maximum absolute atomic E-state index is 13.3. The molecule has 0 saturated carbocycles. The fraction of sp³-hybridized carbons (Fsp3) is 0.385. The van der Waals surface area contributed by atoms with Crippen LogP contribution >= 0.6 is 15.9 Å². The Bertz CT molecular complexity index is 647. The zero-order valence-electron chi connectivity index (χ0n) is 11.3. The number of hydrogen-bond acceptors (Lipinski definition) is 4. The minimum Gasteiger partial charge on any atom is -0.481 e. The standard InChI is InChI=1S/C13H14BrFN4O2/c1-2-3-9(7-12(20)21)19-13(16-17-18-19)8-4-5-11(15)10(14)6-8/h4-6,9H,2-3,7H2,1H3,(H,20,21). The van der Waals surface area contributed by atoms with E-state index in [-0.39, 0.29) is 18.3 Å². The Morgan fingerprint density at radius 1 is 1.52 bits per heavy atom. The van der Waals surface area contributed by atoms with E-state index in [1.54, 1.807) is 12.1 Å². The lowest BCUT2D eigenvalue weighted by Gasteiger charge is -2.15. The number of carbonyl (C=O) groups is 1. The van der Waals surface area contributed by atoms with Crippen molar-refractivity contribution >= 4 is 21.9 Å². The van der Waals surface area contributed by atoms with Gasteiger partial charge in [0.05, 0.1) is 16.9 Å². The Morgan fingerprint density at radius 3 is 2.90 bits per heavy atom. The summed E-state index contributed by atoms with van der Waals surface area (Å²) in [5, 5.41) is 20.5. The number of nitrogens with zero attached hydrogens (tertiary/aromatic N) is 4. The van der Waals surface area contributed by atoms with E-state index in [9.17, 15) is 9.18 Å². The number of carboxylic acid groups (broad SMARTS) is 1. The first-order valence-electron chi connectivity index (χ1n) is 6.48. The van der Waals surface area contributed by atoms with E-state index in [1.807, 2.05) is 6.92 Å². The minimum absolute atomic E-state index is 0.0613. The van der Waals surface area contributed by atoms with Crippen LogP contribution < -0.4 is 0 Å². The normalized spacial score (nSPS) is 12.3. The van der Waals surface area contributed by atoms with Crippen LogP contribution in [-0.4, -0.2) is 31.3 Å². The van der Waals surface area contributed by atoms with Crippen LogP contribution in [0.25, 0.3) is 11.4 Å².